The summed E-state index contributed by atoms with van der Waals surface area (Å²) in [6, 6.07) is 9.85. The minimum absolute atomic E-state index is 0.0197. The van der Waals surface area contributed by atoms with Crippen molar-refractivity contribution >= 4 is 27.4 Å². The molecule has 7 nitrogen and oxygen atoms in total. The number of aromatic nitrogens is 1. The van der Waals surface area contributed by atoms with Gasteiger partial charge in [0.25, 0.3) is 5.91 Å². The first kappa shape index (κ1) is 20.0. The van der Waals surface area contributed by atoms with Crippen LogP contribution in [-0.2, 0) is 10.0 Å². The number of sulfonamides is 1. The number of carbonyl (C=O) groups excluding carboxylic acids is 2. The monoisotopic (exact) mass is 401 g/mol. The van der Waals surface area contributed by atoms with E-state index in [0.717, 1.165) is 6.26 Å². The normalized spacial score (nSPS) is 19.9. The number of pyridine rings is 1. The molecule has 3 rings (SSSR count). The summed E-state index contributed by atoms with van der Waals surface area (Å²) < 4.78 is 24.9. The molecule has 1 N–H and O–H groups in total. The molecule has 1 fully saturated rings. The predicted octanol–water partition coefficient (Wildman–Crippen LogP) is 2.58. The fourth-order valence-electron chi connectivity index (χ4n) is 3.52. The van der Waals surface area contributed by atoms with E-state index in [0.29, 0.717) is 36.2 Å². The lowest BCUT2D eigenvalue weighted by Gasteiger charge is -2.37. The van der Waals surface area contributed by atoms with Crippen LogP contribution in [0.1, 0.15) is 40.5 Å². The van der Waals surface area contributed by atoms with Gasteiger partial charge in [-0.05, 0) is 56.2 Å². The smallest absolute Gasteiger partial charge is 0.255 e. The average Bonchev–Trinajstić information content (AvgIpc) is 2.67. The number of benzene rings is 1. The number of carbonyl (C=O) groups is 2. The number of likely N-dealkylation sites (tertiary alicyclic amines) is 1. The molecule has 0 aliphatic carbocycles. The first-order valence-corrected chi connectivity index (χ1v) is 11.0. The third-order valence-corrected chi connectivity index (χ3v) is 5.50. The lowest BCUT2D eigenvalue weighted by atomic mass is 9.85. The number of ketones is 1. The molecule has 1 aliphatic heterocycles. The van der Waals surface area contributed by atoms with Gasteiger partial charge in [0.1, 0.15) is 0 Å². The number of hydrogen-bond acceptors (Lipinski definition) is 5. The molecule has 0 radical (unpaired) electrons. The van der Waals surface area contributed by atoms with E-state index in [1.807, 2.05) is 6.92 Å². The lowest BCUT2D eigenvalue weighted by Crippen LogP contribution is -2.46. The van der Waals surface area contributed by atoms with Crippen LogP contribution in [0.2, 0.25) is 0 Å². The zero-order valence-electron chi connectivity index (χ0n) is 15.8. The molecule has 1 saturated heterocycles. The van der Waals surface area contributed by atoms with Crippen molar-refractivity contribution < 1.29 is 18.0 Å². The quantitative estimate of drug-likeness (QED) is 0.777. The van der Waals surface area contributed by atoms with Gasteiger partial charge in [-0.1, -0.05) is 0 Å². The molecule has 8 heteroatoms. The molecular formula is C20H23N3O4S. The summed E-state index contributed by atoms with van der Waals surface area (Å²) >= 11 is 0. The van der Waals surface area contributed by atoms with Gasteiger partial charge in [-0.15, -0.1) is 0 Å². The molecule has 1 amide bonds. The highest BCUT2D eigenvalue weighted by atomic mass is 32.2. The molecule has 1 aliphatic rings. The molecule has 2 heterocycles. The van der Waals surface area contributed by atoms with Gasteiger partial charge >= 0.3 is 0 Å². The number of amides is 1. The van der Waals surface area contributed by atoms with Crippen LogP contribution < -0.4 is 4.72 Å². The van der Waals surface area contributed by atoms with Gasteiger partial charge in [0.05, 0.1) is 11.8 Å². The fourth-order valence-corrected chi connectivity index (χ4v) is 4.08. The van der Waals surface area contributed by atoms with Crippen LogP contribution in [0.4, 0.5) is 5.69 Å². The molecule has 2 atom stereocenters. The van der Waals surface area contributed by atoms with E-state index in [4.69, 9.17) is 0 Å². The zero-order valence-corrected chi connectivity index (χ0v) is 16.6. The van der Waals surface area contributed by atoms with E-state index in [1.54, 1.807) is 53.7 Å². The summed E-state index contributed by atoms with van der Waals surface area (Å²) in [4.78, 5) is 31.3. The van der Waals surface area contributed by atoms with Gasteiger partial charge in [-0.25, -0.2) is 8.42 Å². The molecule has 2 aromatic rings. The molecule has 2 unspecified atom stereocenters. The molecule has 1 aromatic carbocycles. The van der Waals surface area contributed by atoms with Crippen LogP contribution in [0.25, 0.3) is 0 Å². The lowest BCUT2D eigenvalue weighted by molar-refractivity contribution is 0.0540. The molecule has 28 heavy (non-hydrogen) atoms. The topological polar surface area (TPSA) is 96.4 Å². The number of Topliss-reactive ketones (excluding diaryl/α,β-unsaturated/α-hetero) is 1. The Morgan fingerprint density at radius 1 is 1.14 bits per heavy atom. The molecule has 148 valence electrons. The SMILES string of the molecule is CC1CC(C(=O)c2ccc(NS(C)(=O)=O)cc2)CCN1C(=O)c1cccnc1. The van der Waals surface area contributed by atoms with Gasteiger partial charge in [0, 0.05) is 42.1 Å². The van der Waals surface area contributed by atoms with Gasteiger partial charge in [-0.2, -0.15) is 0 Å². The summed E-state index contributed by atoms with van der Waals surface area (Å²) in [5.74, 6) is -0.212. The minimum Gasteiger partial charge on any atom is -0.336 e. The predicted molar refractivity (Wildman–Crippen MR) is 107 cm³/mol. The summed E-state index contributed by atoms with van der Waals surface area (Å²) in [6.07, 6.45) is 5.45. The third-order valence-electron chi connectivity index (χ3n) is 4.89. The fraction of sp³-hybridized carbons (Fsp3) is 0.350. The number of nitrogens with zero attached hydrogens (tertiary/aromatic N) is 2. The van der Waals surface area contributed by atoms with E-state index >= 15 is 0 Å². The van der Waals surface area contributed by atoms with Gasteiger partial charge in [-0.3, -0.25) is 19.3 Å². The van der Waals surface area contributed by atoms with Crippen LogP contribution in [0.15, 0.2) is 48.8 Å². The number of hydrogen-bond donors (Lipinski definition) is 1. The standard InChI is InChI=1S/C20H23N3O4S/c1-14-12-16(9-11-23(14)20(25)17-4-3-10-21-13-17)19(24)15-5-7-18(8-6-15)22-28(2,26)27/h3-8,10,13-14,16,22H,9,11-12H2,1-2H3. The second-order valence-corrected chi connectivity index (χ2v) is 8.87. The first-order chi connectivity index (χ1) is 13.2. The Morgan fingerprint density at radius 3 is 2.43 bits per heavy atom. The van der Waals surface area contributed by atoms with Crippen molar-refractivity contribution in [1.82, 2.24) is 9.88 Å². The Hall–Kier alpha value is -2.74. The zero-order chi connectivity index (χ0) is 20.3. The Labute approximate surface area is 164 Å². The maximum Gasteiger partial charge on any atom is 0.255 e. The van der Waals surface area contributed by atoms with E-state index in [1.165, 1.54) is 0 Å². The first-order valence-electron chi connectivity index (χ1n) is 9.07. The van der Waals surface area contributed by atoms with Crippen molar-refractivity contribution in [3.05, 3.63) is 59.9 Å². The average molecular weight is 401 g/mol. The van der Waals surface area contributed by atoms with Crippen molar-refractivity contribution in [3.8, 4) is 0 Å². The number of piperidine rings is 1. The highest BCUT2D eigenvalue weighted by Gasteiger charge is 2.33. The Kier molecular flexibility index (Phi) is 5.79. The number of anilines is 1. The Bertz CT molecular complexity index is 959. The van der Waals surface area contributed by atoms with Crippen molar-refractivity contribution in [2.75, 3.05) is 17.5 Å². The maximum atomic E-state index is 12.8. The Balaban J connectivity index is 1.65. The maximum absolute atomic E-state index is 12.8. The van der Waals surface area contributed by atoms with Crippen molar-refractivity contribution in [3.63, 3.8) is 0 Å². The van der Waals surface area contributed by atoms with Gasteiger partial charge < -0.3 is 4.90 Å². The highest BCUT2D eigenvalue weighted by Crippen LogP contribution is 2.27. The summed E-state index contributed by atoms with van der Waals surface area (Å²) in [7, 11) is -3.35. The largest absolute Gasteiger partial charge is 0.336 e. The van der Waals surface area contributed by atoms with Gasteiger partial charge in [0.15, 0.2) is 5.78 Å². The summed E-state index contributed by atoms with van der Waals surface area (Å²) in [6.45, 7) is 2.46. The second kappa shape index (κ2) is 8.10. The minimum atomic E-state index is -3.35. The van der Waals surface area contributed by atoms with Crippen molar-refractivity contribution in [2.24, 2.45) is 5.92 Å². The second-order valence-electron chi connectivity index (χ2n) is 7.13. The number of rotatable bonds is 5. The van der Waals surface area contributed by atoms with E-state index in [9.17, 15) is 18.0 Å². The van der Waals surface area contributed by atoms with Crippen LogP contribution >= 0.6 is 0 Å². The van der Waals surface area contributed by atoms with Crippen LogP contribution in [-0.4, -0.2) is 48.8 Å². The highest BCUT2D eigenvalue weighted by molar-refractivity contribution is 7.92. The van der Waals surface area contributed by atoms with Crippen molar-refractivity contribution in [2.45, 2.75) is 25.8 Å². The van der Waals surface area contributed by atoms with Crippen molar-refractivity contribution in [1.29, 1.82) is 0 Å². The number of nitrogens with one attached hydrogen (secondary N) is 1. The molecular weight excluding hydrogens is 378 g/mol. The Morgan fingerprint density at radius 2 is 1.86 bits per heavy atom. The molecule has 0 saturated carbocycles. The van der Waals surface area contributed by atoms with E-state index < -0.39 is 10.0 Å². The van der Waals surface area contributed by atoms with Gasteiger partial charge in [0.2, 0.25) is 10.0 Å². The van der Waals surface area contributed by atoms with E-state index in [2.05, 4.69) is 9.71 Å². The summed E-state index contributed by atoms with van der Waals surface area (Å²) in [5.41, 5.74) is 1.51. The summed E-state index contributed by atoms with van der Waals surface area (Å²) in [5, 5.41) is 0. The molecule has 0 spiro atoms. The van der Waals surface area contributed by atoms with E-state index in [-0.39, 0.29) is 23.7 Å². The van der Waals surface area contributed by atoms with Crippen LogP contribution in [0, 0.1) is 5.92 Å². The third kappa shape index (κ3) is 4.75. The van der Waals surface area contributed by atoms with Crippen LogP contribution in [0.5, 0.6) is 0 Å². The van der Waals surface area contributed by atoms with Crippen LogP contribution in [0.3, 0.4) is 0 Å². The molecule has 0 bridgehead atoms. The molecule has 1 aromatic heterocycles.